The van der Waals surface area contributed by atoms with E-state index in [0.717, 1.165) is 10.9 Å². The van der Waals surface area contributed by atoms with Gasteiger partial charge >= 0.3 is 5.91 Å². The highest BCUT2D eigenvalue weighted by molar-refractivity contribution is 5.92. The number of furan rings is 1. The van der Waals surface area contributed by atoms with Gasteiger partial charge in [-0.2, -0.15) is 0 Å². The maximum atomic E-state index is 11.5. The van der Waals surface area contributed by atoms with Crippen molar-refractivity contribution in [1.29, 1.82) is 0 Å². The predicted molar refractivity (Wildman–Crippen MR) is 76.4 cm³/mol. The summed E-state index contributed by atoms with van der Waals surface area (Å²) in [6.45, 7) is 0.202. The van der Waals surface area contributed by atoms with Gasteiger partial charge in [0.2, 0.25) is 0 Å². The van der Waals surface area contributed by atoms with E-state index in [1.54, 1.807) is 12.3 Å². The molecule has 21 heavy (non-hydrogen) atoms. The minimum Gasteiger partial charge on any atom is -0.488 e. The van der Waals surface area contributed by atoms with Gasteiger partial charge in [0.05, 0.1) is 11.8 Å². The first-order valence-corrected chi connectivity index (χ1v) is 6.33. The standard InChI is InChI=1S/C15H13N3O3/c16-18-15(19)14-10(6-8-20-14)9-21-13-5-1-4-12-11(13)3-2-7-17-12/h1-8H,9,16H2,(H,18,19). The van der Waals surface area contributed by atoms with Crippen LogP contribution in [0.3, 0.4) is 0 Å². The van der Waals surface area contributed by atoms with Gasteiger partial charge in [-0.3, -0.25) is 15.2 Å². The summed E-state index contributed by atoms with van der Waals surface area (Å²) < 4.78 is 10.9. The molecule has 0 saturated carbocycles. The summed E-state index contributed by atoms with van der Waals surface area (Å²) in [5.74, 6) is 5.46. The molecule has 3 aromatic rings. The maximum Gasteiger partial charge on any atom is 0.301 e. The zero-order valence-electron chi connectivity index (χ0n) is 11.1. The third kappa shape index (κ3) is 2.56. The summed E-state index contributed by atoms with van der Waals surface area (Å²) in [5.41, 5.74) is 3.51. The summed E-state index contributed by atoms with van der Waals surface area (Å²) in [5, 5.41) is 0.910. The molecule has 1 amide bonds. The van der Waals surface area contributed by atoms with Crippen LogP contribution in [0.4, 0.5) is 0 Å². The Morgan fingerprint density at radius 3 is 3.05 bits per heavy atom. The number of aromatic nitrogens is 1. The predicted octanol–water partition coefficient (Wildman–Crippen LogP) is 2.01. The van der Waals surface area contributed by atoms with E-state index < -0.39 is 5.91 Å². The third-order valence-corrected chi connectivity index (χ3v) is 3.07. The van der Waals surface area contributed by atoms with E-state index in [1.807, 2.05) is 35.8 Å². The second-order valence-electron chi connectivity index (χ2n) is 4.36. The minimum absolute atomic E-state index is 0.149. The molecule has 0 saturated heterocycles. The number of nitrogen functional groups attached to an aromatic ring is 1. The Balaban J connectivity index is 1.84. The van der Waals surface area contributed by atoms with Crippen molar-refractivity contribution >= 4 is 16.8 Å². The fourth-order valence-corrected chi connectivity index (χ4v) is 2.07. The fraction of sp³-hybridized carbons (Fsp3) is 0.0667. The second-order valence-corrected chi connectivity index (χ2v) is 4.36. The fourth-order valence-electron chi connectivity index (χ4n) is 2.07. The molecule has 6 heteroatoms. The lowest BCUT2D eigenvalue weighted by Gasteiger charge is -2.08. The van der Waals surface area contributed by atoms with Crippen molar-refractivity contribution in [3.63, 3.8) is 0 Å². The molecule has 106 valence electrons. The molecular weight excluding hydrogens is 270 g/mol. The molecule has 0 aliphatic rings. The normalized spacial score (nSPS) is 10.5. The van der Waals surface area contributed by atoms with E-state index in [4.69, 9.17) is 15.0 Å². The van der Waals surface area contributed by atoms with Crippen LogP contribution in [0.2, 0.25) is 0 Å². The molecule has 2 aromatic heterocycles. The van der Waals surface area contributed by atoms with Crippen molar-refractivity contribution in [3.8, 4) is 5.75 Å². The second kappa shape index (κ2) is 5.64. The van der Waals surface area contributed by atoms with E-state index in [2.05, 4.69) is 4.98 Å². The Labute approximate surface area is 120 Å². The molecule has 0 unspecified atom stereocenters. The zero-order chi connectivity index (χ0) is 14.7. The quantitative estimate of drug-likeness (QED) is 0.434. The van der Waals surface area contributed by atoms with Gasteiger partial charge < -0.3 is 9.15 Å². The third-order valence-electron chi connectivity index (χ3n) is 3.07. The molecule has 2 heterocycles. The lowest BCUT2D eigenvalue weighted by molar-refractivity contribution is 0.0922. The number of benzene rings is 1. The van der Waals surface area contributed by atoms with Crippen LogP contribution in [0, 0.1) is 0 Å². The largest absolute Gasteiger partial charge is 0.488 e. The highest BCUT2D eigenvalue weighted by Crippen LogP contribution is 2.25. The molecule has 6 nitrogen and oxygen atoms in total. The molecule has 0 bridgehead atoms. The Kier molecular flexibility index (Phi) is 3.53. The van der Waals surface area contributed by atoms with Crippen molar-refractivity contribution in [2.45, 2.75) is 6.61 Å². The molecule has 3 rings (SSSR count). The van der Waals surface area contributed by atoms with Gasteiger partial charge in [0.1, 0.15) is 12.4 Å². The first kappa shape index (κ1) is 13.1. The average molecular weight is 283 g/mol. The highest BCUT2D eigenvalue weighted by atomic mass is 16.5. The number of pyridine rings is 1. The summed E-state index contributed by atoms with van der Waals surface area (Å²) >= 11 is 0. The average Bonchev–Trinajstić information content (AvgIpc) is 3.00. The molecule has 0 atom stereocenters. The number of nitrogens with zero attached hydrogens (tertiary/aromatic N) is 1. The topological polar surface area (TPSA) is 90.4 Å². The Morgan fingerprint density at radius 1 is 1.29 bits per heavy atom. The van der Waals surface area contributed by atoms with Crippen LogP contribution in [-0.2, 0) is 6.61 Å². The van der Waals surface area contributed by atoms with Crippen molar-refractivity contribution in [3.05, 3.63) is 60.2 Å². The van der Waals surface area contributed by atoms with E-state index in [-0.39, 0.29) is 12.4 Å². The van der Waals surface area contributed by atoms with Gasteiger partial charge in [-0.05, 0) is 30.3 Å². The monoisotopic (exact) mass is 283 g/mol. The number of ether oxygens (including phenoxy) is 1. The summed E-state index contributed by atoms with van der Waals surface area (Å²) in [6.07, 6.45) is 3.15. The highest BCUT2D eigenvalue weighted by Gasteiger charge is 2.15. The molecule has 0 aliphatic carbocycles. The van der Waals surface area contributed by atoms with Crippen LogP contribution in [0.5, 0.6) is 5.75 Å². The first-order valence-electron chi connectivity index (χ1n) is 6.33. The molecule has 1 aromatic carbocycles. The van der Waals surface area contributed by atoms with Crippen LogP contribution < -0.4 is 16.0 Å². The summed E-state index contributed by atoms with van der Waals surface area (Å²) in [7, 11) is 0. The number of rotatable bonds is 4. The van der Waals surface area contributed by atoms with Crippen LogP contribution in [0.25, 0.3) is 10.9 Å². The summed E-state index contributed by atoms with van der Waals surface area (Å²) in [6, 6.07) is 11.1. The van der Waals surface area contributed by atoms with E-state index in [1.165, 1.54) is 6.26 Å². The first-order chi connectivity index (χ1) is 10.3. The van der Waals surface area contributed by atoms with Gasteiger partial charge in [0, 0.05) is 17.1 Å². The number of nitrogens with one attached hydrogen (secondary N) is 1. The number of fused-ring (bicyclic) bond motifs is 1. The maximum absolute atomic E-state index is 11.5. The van der Waals surface area contributed by atoms with Crippen LogP contribution in [0.1, 0.15) is 16.1 Å². The van der Waals surface area contributed by atoms with Crippen LogP contribution in [-0.4, -0.2) is 10.9 Å². The van der Waals surface area contributed by atoms with Crippen molar-refractivity contribution in [1.82, 2.24) is 10.4 Å². The number of amides is 1. The van der Waals surface area contributed by atoms with E-state index in [9.17, 15) is 4.79 Å². The molecular formula is C15H13N3O3. The number of carbonyl (C=O) groups is 1. The van der Waals surface area contributed by atoms with Crippen molar-refractivity contribution < 1.29 is 13.9 Å². The number of hydrazine groups is 1. The van der Waals surface area contributed by atoms with Crippen LogP contribution >= 0.6 is 0 Å². The SMILES string of the molecule is NNC(=O)c1occc1COc1cccc2ncccc12. The van der Waals surface area contributed by atoms with Crippen molar-refractivity contribution in [2.75, 3.05) is 0 Å². The van der Waals surface area contributed by atoms with Crippen LogP contribution in [0.15, 0.2) is 53.3 Å². The van der Waals surface area contributed by atoms with Gasteiger partial charge in [-0.1, -0.05) is 6.07 Å². The molecule has 0 aliphatic heterocycles. The Morgan fingerprint density at radius 2 is 2.19 bits per heavy atom. The lowest BCUT2D eigenvalue weighted by atomic mass is 10.2. The lowest BCUT2D eigenvalue weighted by Crippen LogP contribution is -2.30. The number of hydrogen-bond acceptors (Lipinski definition) is 5. The van der Waals surface area contributed by atoms with Gasteiger partial charge in [0.15, 0.2) is 5.76 Å². The van der Waals surface area contributed by atoms with Gasteiger partial charge in [-0.15, -0.1) is 0 Å². The number of hydrogen-bond donors (Lipinski definition) is 2. The number of carbonyl (C=O) groups excluding carboxylic acids is 1. The smallest absolute Gasteiger partial charge is 0.301 e. The Bertz CT molecular complexity index is 777. The van der Waals surface area contributed by atoms with Gasteiger partial charge in [0.25, 0.3) is 0 Å². The van der Waals surface area contributed by atoms with Gasteiger partial charge in [-0.25, -0.2) is 5.84 Å². The molecule has 0 spiro atoms. The zero-order valence-corrected chi connectivity index (χ0v) is 11.1. The van der Waals surface area contributed by atoms with Crippen molar-refractivity contribution in [2.24, 2.45) is 5.84 Å². The number of nitrogens with two attached hydrogens (primary N) is 1. The summed E-state index contributed by atoms with van der Waals surface area (Å²) in [4.78, 5) is 15.8. The van der Waals surface area contributed by atoms with E-state index >= 15 is 0 Å². The molecule has 3 N–H and O–H groups in total. The molecule has 0 radical (unpaired) electrons. The van der Waals surface area contributed by atoms with E-state index in [0.29, 0.717) is 11.3 Å². The minimum atomic E-state index is -0.488. The Hall–Kier alpha value is -2.86. The molecule has 0 fully saturated rings.